The van der Waals surface area contributed by atoms with Crippen LogP contribution in [0.2, 0.25) is 18.1 Å². The van der Waals surface area contributed by atoms with E-state index in [1.165, 1.54) is 6.07 Å². The van der Waals surface area contributed by atoms with Crippen LogP contribution < -0.4 is 0 Å². The average Bonchev–Trinajstić information content (AvgIpc) is 2.90. The Morgan fingerprint density at radius 3 is 2.56 bits per heavy atom. The lowest BCUT2D eigenvalue weighted by Gasteiger charge is -2.36. The van der Waals surface area contributed by atoms with Crippen molar-refractivity contribution in [2.24, 2.45) is 0 Å². The summed E-state index contributed by atoms with van der Waals surface area (Å²) in [5, 5.41) is 11.4. The van der Waals surface area contributed by atoms with Crippen molar-refractivity contribution in [3.8, 4) is 5.69 Å². The van der Waals surface area contributed by atoms with Gasteiger partial charge in [-0.25, -0.2) is 0 Å². The van der Waals surface area contributed by atoms with Crippen molar-refractivity contribution in [1.82, 2.24) is 4.57 Å². The molecule has 2 aromatic rings. The highest BCUT2D eigenvalue weighted by Gasteiger charge is 2.37. The second kappa shape index (κ2) is 7.01. The van der Waals surface area contributed by atoms with E-state index in [1.54, 1.807) is 16.8 Å². The van der Waals surface area contributed by atoms with Gasteiger partial charge in [0.05, 0.1) is 11.5 Å². The molecule has 1 aromatic carbocycles. The van der Waals surface area contributed by atoms with Crippen LogP contribution in [0.4, 0.5) is 10.1 Å². The number of rotatable bonds is 5. The monoisotopic (exact) mass is 428 g/mol. The molecule has 1 aromatic heterocycles. The minimum Gasteiger partial charge on any atom is -0.411 e. The molecule has 0 aliphatic carbocycles. The van der Waals surface area contributed by atoms with Gasteiger partial charge in [-0.05, 0) is 42.4 Å². The van der Waals surface area contributed by atoms with E-state index in [9.17, 15) is 14.5 Å². The zero-order valence-corrected chi connectivity index (χ0v) is 17.6. The van der Waals surface area contributed by atoms with Crippen LogP contribution in [-0.2, 0) is 11.0 Å². The van der Waals surface area contributed by atoms with E-state index in [1.807, 2.05) is 6.07 Å². The minimum atomic E-state index is -1.97. The Morgan fingerprint density at radius 2 is 2.00 bits per heavy atom. The second-order valence-corrected chi connectivity index (χ2v) is 13.2. The van der Waals surface area contributed by atoms with Crippen LogP contribution in [0.3, 0.4) is 0 Å². The number of hydrogen-bond acceptors (Lipinski definition) is 3. The van der Waals surface area contributed by atoms with Crippen molar-refractivity contribution >= 4 is 29.9 Å². The number of nitro groups is 1. The first-order chi connectivity index (χ1) is 11.4. The number of nitrogens with zero attached hydrogens (tertiary/aromatic N) is 2. The molecule has 136 valence electrons. The summed E-state index contributed by atoms with van der Waals surface area (Å²) in [6.45, 7) is 11.0. The van der Waals surface area contributed by atoms with E-state index in [4.69, 9.17) is 4.43 Å². The van der Waals surface area contributed by atoms with E-state index in [2.05, 4.69) is 49.8 Å². The summed E-state index contributed by atoms with van der Waals surface area (Å²) in [5.74, 6) is -0.876. The molecule has 0 N–H and O–H groups in total. The van der Waals surface area contributed by atoms with Crippen LogP contribution in [0, 0.1) is 15.9 Å². The lowest BCUT2D eigenvalue weighted by molar-refractivity contribution is -0.387. The summed E-state index contributed by atoms with van der Waals surface area (Å²) in [7, 11) is -1.97. The Morgan fingerprint density at radius 1 is 1.36 bits per heavy atom. The second-order valence-electron chi connectivity index (χ2n) is 7.43. The van der Waals surface area contributed by atoms with E-state index in [-0.39, 0.29) is 10.7 Å². The van der Waals surface area contributed by atoms with E-state index in [0.717, 1.165) is 11.8 Å². The Kier molecular flexibility index (Phi) is 5.55. The Labute approximate surface area is 156 Å². The molecule has 0 aliphatic rings. The van der Waals surface area contributed by atoms with Gasteiger partial charge in [0, 0.05) is 16.4 Å². The van der Waals surface area contributed by atoms with Crippen molar-refractivity contribution in [1.29, 1.82) is 0 Å². The maximum Gasteiger partial charge on any atom is 0.328 e. The van der Waals surface area contributed by atoms with Gasteiger partial charge in [-0.2, -0.15) is 4.39 Å². The van der Waals surface area contributed by atoms with Crippen LogP contribution in [0.5, 0.6) is 0 Å². The van der Waals surface area contributed by atoms with Crippen LogP contribution >= 0.6 is 15.9 Å². The quantitative estimate of drug-likeness (QED) is 0.343. The summed E-state index contributed by atoms with van der Waals surface area (Å²) < 4.78 is 22.4. The summed E-state index contributed by atoms with van der Waals surface area (Å²) in [4.78, 5) is 10.6. The Balaban J connectivity index is 2.42. The van der Waals surface area contributed by atoms with E-state index < -0.39 is 24.7 Å². The molecule has 0 spiro atoms. The lowest BCUT2D eigenvalue weighted by atomic mass is 10.2. The zero-order chi connectivity index (χ0) is 19.0. The topological polar surface area (TPSA) is 57.3 Å². The van der Waals surface area contributed by atoms with Gasteiger partial charge in [-0.1, -0.05) is 36.7 Å². The molecule has 0 bridgehead atoms. The van der Waals surface area contributed by atoms with Gasteiger partial charge in [0.15, 0.2) is 8.32 Å². The number of halogens is 2. The first-order valence-corrected chi connectivity index (χ1v) is 11.6. The first kappa shape index (κ1) is 19.8. The molecule has 0 aliphatic heterocycles. The third-order valence-electron chi connectivity index (χ3n) is 4.67. The molecule has 25 heavy (non-hydrogen) atoms. The molecular weight excluding hydrogens is 407 g/mol. The highest BCUT2D eigenvalue weighted by atomic mass is 79.9. The molecular formula is C17H22BrFN2O3Si. The van der Waals surface area contributed by atoms with Crippen molar-refractivity contribution in [3.05, 3.63) is 56.6 Å². The van der Waals surface area contributed by atoms with Gasteiger partial charge < -0.3 is 8.99 Å². The van der Waals surface area contributed by atoms with Gasteiger partial charge in [0.1, 0.15) is 5.69 Å². The normalized spacial score (nSPS) is 12.4. The summed E-state index contributed by atoms with van der Waals surface area (Å²) in [5.41, 5.74) is 0.370. The standard InChI is InChI=1S/C17H22BrFN2O3Si/c1-17(2,3)25(4,5)24-11-13-7-6-8-20(13)15-10-12(18)9-14(19)16(15)21(22)23/h6-10H,11H2,1-5H3. The molecule has 0 unspecified atom stereocenters. The van der Waals surface area contributed by atoms with Crippen LogP contribution in [0.15, 0.2) is 34.9 Å². The summed E-state index contributed by atoms with van der Waals surface area (Å²) in [6.07, 6.45) is 1.68. The van der Waals surface area contributed by atoms with E-state index in [0.29, 0.717) is 11.1 Å². The fourth-order valence-electron chi connectivity index (χ4n) is 2.16. The Hall–Kier alpha value is -1.51. The largest absolute Gasteiger partial charge is 0.411 e. The molecule has 0 atom stereocenters. The molecule has 0 saturated heterocycles. The van der Waals surface area contributed by atoms with Crippen LogP contribution in [0.25, 0.3) is 5.69 Å². The molecule has 0 saturated carbocycles. The van der Waals surface area contributed by atoms with Crippen molar-refractivity contribution < 1.29 is 13.7 Å². The Bertz CT molecular complexity index is 800. The highest BCUT2D eigenvalue weighted by Crippen LogP contribution is 2.37. The number of hydrogen-bond donors (Lipinski definition) is 0. The molecule has 5 nitrogen and oxygen atoms in total. The molecule has 0 fully saturated rings. The van der Waals surface area contributed by atoms with Crippen molar-refractivity contribution in [2.45, 2.75) is 45.5 Å². The number of aromatic nitrogens is 1. The maximum absolute atomic E-state index is 14.1. The van der Waals surface area contributed by atoms with Crippen LogP contribution in [-0.4, -0.2) is 17.8 Å². The molecule has 2 rings (SSSR count). The highest BCUT2D eigenvalue weighted by molar-refractivity contribution is 9.10. The predicted octanol–water partition coefficient (Wildman–Crippen LogP) is 5.81. The van der Waals surface area contributed by atoms with Crippen molar-refractivity contribution in [3.63, 3.8) is 0 Å². The van der Waals surface area contributed by atoms with Gasteiger partial charge in [0.25, 0.3) is 0 Å². The first-order valence-electron chi connectivity index (χ1n) is 7.88. The smallest absolute Gasteiger partial charge is 0.328 e. The summed E-state index contributed by atoms with van der Waals surface area (Å²) >= 11 is 3.20. The average molecular weight is 429 g/mol. The molecule has 8 heteroatoms. The van der Waals surface area contributed by atoms with Crippen molar-refractivity contribution in [2.75, 3.05) is 0 Å². The number of nitro benzene ring substituents is 1. The van der Waals surface area contributed by atoms with Gasteiger partial charge in [-0.3, -0.25) is 10.1 Å². The fraction of sp³-hybridized carbons (Fsp3) is 0.412. The van der Waals surface area contributed by atoms with Gasteiger partial charge in [-0.15, -0.1) is 0 Å². The third-order valence-corrected chi connectivity index (χ3v) is 9.61. The zero-order valence-electron chi connectivity index (χ0n) is 15.0. The lowest BCUT2D eigenvalue weighted by Crippen LogP contribution is -2.40. The molecule has 0 radical (unpaired) electrons. The maximum atomic E-state index is 14.1. The minimum absolute atomic E-state index is 0.0539. The van der Waals surface area contributed by atoms with E-state index >= 15 is 0 Å². The third kappa shape index (κ3) is 4.19. The molecule has 1 heterocycles. The summed E-state index contributed by atoms with van der Waals surface area (Å²) in [6, 6.07) is 6.23. The van der Waals surface area contributed by atoms with Gasteiger partial charge >= 0.3 is 5.69 Å². The number of benzene rings is 1. The molecule has 0 amide bonds. The SMILES string of the molecule is CC(C)(C)[Si](C)(C)OCc1cccn1-c1cc(Br)cc(F)c1[N+](=O)[O-]. The fourth-order valence-corrected chi connectivity index (χ4v) is 3.52. The van der Waals surface area contributed by atoms with Gasteiger partial charge in [0.2, 0.25) is 5.82 Å². The predicted molar refractivity (Wildman–Crippen MR) is 102 cm³/mol. The van der Waals surface area contributed by atoms with Crippen LogP contribution in [0.1, 0.15) is 26.5 Å².